The van der Waals surface area contributed by atoms with Gasteiger partial charge in [0.05, 0.1) is 10.9 Å². The van der Waals surface area contributed by atoms with Crippen LogP contribution in [0.4, 0.5) is 0 Å². The molecule has 1 amide bonds. The number of H-pyrrole nitrogens is 1. The zero-order valence-electron chi connectivity index (χ0n) is 15.4. The fourth-order valence-electron chi connectivity index (χ4n) is 4.42. The molecule has 144 valence electrons. The number of aliphatic hydroxyl groups is 1. The second kappa shape index (κ2) is 7.78. The minimum Gasteiger partial charge on any atom is -0.396 e. The Morgan fingerprint density at radius 3 is 2.70 bits per heavy atom. The second-order valence-corrected chi connectivity index (χ2v) is 7.80. The number of hydrogen-bond donors (Lipinski definition) is 2. The molecule has 7 heteroatoms. The van der Waals surface area contributed by atoms with Gasteiger partial charge in [-0.2, -0.15) is 0 Å². The Morgan fingerprint density at radius 1 is 1.19 bits per heavy atom. The summed E-state index contributed by atoms with van der Waals surface area (Å²) < 4.78 is 0. The number of aliphatic hydroxyl groups excluding tert-OH is 1. The Balaban J connectivity index is 1.55. The van der Waals surface area contributed by atoms with Crippen molar-refractivity contribution in [1.82, 2.24) is 19.8 Å². The predicted molar refractivity (Wildman–Crippen MR) is 103 cm³/mol. The van der Waals surface area contributed by atoms with Crippen molar-refractivity contribution >= 4 is 16.8 Å². The van der Waals surface area contributed by atoms with Crippen molar-refractivity contribution in [2.75, 3.05) is 39.3 Å². The normalized spacial score (nSPS) is 23.8. The summed E-state index contributed by atoms with van der Waals surface area (Å²) in [6.07, 6.45) is 3.40. The number of fused-ring (bicyclic) bond motifs is 1. The van der Waals surface area contributed by atoms with Crippen molar-refractivity contribution in [3.63, 3.8) is 0 Å². The number of aromatic amines is 1. The molecule has 2 aliphatic heterocycles. The van der Waals surface area contributed by atoms with Gasteiger partial charge in [-0.3, -0.25) is 9.59 Å². The fraction of sp³-hybridized carbons (Fsp3) is 0.550. The van der Waals surface area contributed by atoms with E-state index in [4.69, 9.17) is 0 Å². The second-order valence-electron chi connectivity index (χ2n) is 7.80. The number of nitrogens with zero attached hydrogens (tertiary/aromatic N) is 3. The molecule has 2 aliphatic rings. The zero-order valence-corrected chi connectivity index (χ0v) is 15.4. The highest BCUT2D eigenvalue weighted by Gasteiger charge is 2.32. The lowest BCUT2D eigenvalue weighted by Crippen LogP contribution is -2.48. The Morgan fingerprint density at radius 2 is 1.93 bits per heavy atom. The van der Waals surface area contributed by atoms with Crippen molar-refractivity contribution in [3.05, 3.63) is 40.4 Å². The first-order chi connectivity index (χ1) is 13.1. The summed E-state index contributed by atoms with van der Waals surface area (Å²) in [5.74, 6) is 0.229. The Labute approximate surface area is 158 Å². The third-order valence-electron chi connectivity index (χ3n) is 5.70. The Kier molecular flexibility index (Phi) is 5.22. The fourth-order valence-corrected chi connectivity index (χ4v) is 4.42. The van der Waals surface area contributed by atoms with Crippen LogP contribution in [0.25, 0.3) is 10.9 Å². The van der Waals surface area contributed by atoms with E-state index >= 15 is 0 Å². The van der Waals surface area contributed by atoms with Gasteiger partial charge in [0.1, 0.15) is 0 Å². The van der Waals surface area contributed by atoms with Gasteiger partial charge in [0.25, 0.3) is 11.5 Å². The van der Waals surface area contributed by atoms with Gasteiger partial charge in [0.15, 0.2) is 5.82 Å². The number of hydrogen-bond acceptors (Lipinski definition) is 5. The van der Waals surface area contributed by atoms with Crippen LogP contribution in [-0.2, 0) is 0 Å². The van der Waals surface area contributed by atoms with Crippen molar-refractivity contribution in [3.8, 4) is 0 Å². The minimum absolute atomic E-state index is 0.0714. The van der Waals surface area contributed by atoms with Crippen molar-refractivity contribution in [2.24, 2.45) is 11.8 Å². The van der Waals surface area contributed by atoms with E-state index in [0.29, 0.717) is 29.9 Å². The van der Waals surface area contributed by atoms with Gasteiger partial charge < -0.3 is 19.9 Å². The van der Waals surface area contributed by atoms with Crippen LogP contribution < -0.4 is 5.56 Å². The summed E-state index contributed by atoms with van der Waals surface area (Å²) in [7, 11) is 0. The Bertz CT molecular complexity index is 875. The highest BCUT2D eigenvalue weighted by molar-refractivity contribution is 5.92. The summed E-state index contributed by atoms with van der Waals surface area (Å²) in [4.78, 5) is 36.5. The van der Waals surface area contributed by atoms with E-state index in [-0.39, 0.29) is 29.8 Å². The van der Waals surface area contributed by atoms with Gasteiger partial charge in [-0.25, -0.2) is 4.98 Å². The van der Waals surface area contributed by atoms with Crippen molar-refractivity contribution < 1.29 is 9.90 Å². The third kappa shape index (κ3) is 3.89. The minimum atomic E-state index is -0.298. The molecule has 1 aromatic heterocycles. The van der Waals surface area contributed by atoms with Gasteiger partial charge in [-0.15, -0.1) is 0 Å². The largest absolute Gasteiger partial charge is 0.396 e. The average molecular weight is 370 g/mol. The predicted octanol–water partition coefficient (Wildman–Crippen LogP) is 1.09. The van der Waals surface area contributed by atoms with E-state index in [1.807, 2.05) is 0 Å². The zero-order chi connectivity index (χ0) is 18.8. The molecule has 0 unspecified atom stereocenters. The van der Waals surface area contributed by atoms with Crippen LogP contribution in [0.15, 0.2) is 29.1 Å². The molecule has 0 radical (unpaired) electrons. The van der Waals surface area contributed by atoms with Crippen LogP contribution in [0.5, 0.6) is 0 Å². The Hall–Kier alpha value is -2.25. The lowest BCUT2D eigenvalue weighted by atomic mass is 9.89. The first kappa shape index (κ1) is 18.1. The smallest absolute Gasteiger partial charge is 0.289 e. The molecule has 3 heterocycles. The van der Waals surface area contributed by atoms with Gasteiger partial charge in [0, 0.05) is 26.2 Å². The van der Waals surface area contributed by atoms with Crippen molar-refractivity contribution in [1.29, 1.82) is 0 Å². The molecule has 4 rings (SSSR count). The molecular weight excluding hydrogens is 344 g/mol. The number of aromatic nitrogens is 2. The van der Waals surface area contributed by atoms with E-state index in [2.05, 4.69) is 14.9 Å². The number of benzene rings is 1. The first-order valence-corrected chi connectivity index (χ1v) is 9.75. The highest BCUT2D eigenvalue weighted by Crippen LogP contribution is 2.25. The summed E-state index contributed by atoms with van der Waals surface area (Å²) >= 11 is 0. The highest BCUT2D eigenvalue weighted by atomic mass is 16.3. The number of rotatable bonds is 4. The number of carbonyl (C=O) groups excluding carboxylic acids is 1. The lowest BCUT2D eigenvalue weighted by Gasteiger charge is -2.38. The molecule has 2 N–H and O–H groups in total. The molecule has 0 aliphatic carbocycles. The van der Waals surface area contributed by atoms with Crippen LogP contribution in [0.3, 0.4) is 0 Å². The molecule has 0 spiro atoms. The summed E-state index contributed by atoms with van der Waals surface area (Å²) in [5, 5.41) is 10.2. The molecule has 2 aromatic rings. The van der Waals surface area contributed by atoms with E-state index in [0.717, 1.165) is 26.1 Å². The molecule has 7 nitrogen and oxygen atoms in total. The van der Waals surface area contributed by atoms with Gasteiger partial charge >= 0.3 is 0 Å². The average Bonchev–Trinajstić information content (AvgIpc) is 3.20. The molecule has 0 bridgehead atoms. The van der Waals surface area contributed by atoms with E-state index in [1.54, 1.807) is 29.2 Å². The number of piperidine rings is 1. The summed E-state index contributed by atoms with van der Waals surface area (Å²) in [6, 6.07) is 7.02. The molecule has 2 fully saturated rings. The first-order valence-electron chi connectivity index (χ1n) is 9.75. The number of para-hydroxylation sites is 1. The monoisotopic (exact) mass is 370 g/mol. The number of carbonyl (C=O) groups is 1. The summed E-state index contributed by atoms with van der Waals surface area (Å²) in [6.45, 7) is 4.41. The topological polar surface area (TPSA) is 89.5 Å². The van der Waals surface area contributed by atoms with Crippen LogP contribution in [0.2, 0.25) is 0 Å². The van der Waals surface area contributed by atoms with Crippen molar-refractivity contribution in [2.45, 2.75) is 19.3 Å². The third-order valence-corrected chi connectivity index (χ3v) is 5.70. The lowest BCUT2D eigenvalue weighted by molar-refractivity contribution is 0.0455. The quantitative estimate of drug-likeness (QED) is 0.841. The van der Waals surface area contributed by atoms with Crippen LogP contribution in [-0.4, -0.2) is 70.1 Å². The number of likely N-dealkylation sites (tertiary alicyclic amines) is 2. The summed E-state index contributed by atoms with van der Waals surface area (Å²) in [5.41, 5.74) is 0.224. The molecular formula is C20H26N4O3. The maximum Gasteiger partial charge on any atom is 0.289 e. The molecule has 1 aromatic carbocycles. The van der Waals surface area contributed by atoms with Gasteiger partial charge in [-0.1, -0.05) is 12.1 Å². The standard InChI is InChI=1S/C20H26N4O3/c25-13-15-9-14(10-23-7-3-4-8-23)11-24(12-15)20(27)18-21-17-6-2-1-5-16(17)19(26)22-18/h1-2,5-6,14-15,25H,3-4,7-13H2,(H,21,22,26)/t14-,15-/m1/s1. The van der Waals surface area contributed by atoms with Gasteiger partial charge in [-0.05, 0) is 56.3 Å². The van der Waals surface area contributed by atoms with E-state index < -0.39 is 0 Å². The van der Waals surface area contributed by atoms with Crippen LogP contribution in [0.1, 0.15) is 29.9 Å². The molecule has 27 heavy (non-hydrogen) atoms. The molecule has 2 atom stereocenters. The number of nitrogens with one attached hydrogen (secondary N) is 1. The number of amides is 1. The SMILES string of the molecule is O=C(c1nc2ccccc2c(=O)[nH]1)N1C[C@H](CO)C[C@H](CN2CCCC2)C1. The van der Waals surface area contributed by atoms with E-state index in [1.165, 1.54) is 12.8 Å². The van der Waals surface area contributed by atoms with E-state index in [9.17, 15) is 14.7 Å². The maximum atomic E-state index is 13.0. The maximum absolute atomic E-state index is 13.0. The van der Waals surface area contributed by atoms with Crippen LogP contribution in [0, 0.1) is 11.8 Å². The van der Waals surface area contributed by atoms with Gasteiger partial charge in [0.2, 0.25) is 0 Å². The van der Waals surface area contributed by atoms with Crippen LogP contribution >= 0.6 is 0 Å². The molecule has 2 saturated heterocycles. The molecule has 0 saturated carbocycles.